The fraction of sp³-hybridized carbons (Fsp3) is 0.565. The van der Waals surface area contributed by atoms with Crippen molar-refractivity contribution in [1.29, 1.82) is 0 Å². The molecule has 31 heavy (non-hydrogen) atoms. The second kappa shape index (κ2) is 10.2. The van der Waals surface area contributed by atoms with Crippen LogP contribution >= 0.6 is 0 Å². The molecule has 1 aromatic heterocycles. The number of hydrogen-bond acceptors (Lipinski definition) is 6. The van der Waals surface area contributed by atoms with E-state index in [1.165, 1.54) is 5.69 Å². The van der Waals surface area contributed by atoms with Gasteiger partial charge in [-0.3, -0.25) is 14.4 Å². The molecule has 0 spiro atoms. The van der Waals surface area contributed by atoms with E-state index in [9.17, 15) is 4.79 Å². The normalized spacial score (nSPS) is 16.8. The predicted molar refractivity (Wildman–Crippen MR) is 120 cm³/mol. The van der Waals surface area contributed by atoms with Gasteiger partial charge in [-0.25, -0.2) is 0 Å². The van der Waals surface area contributed by atoms with Crippen molar-refractivity contribution in [3.05, 3.63) is 41.2 Å². The van der Waals surface area contributed by atoms with Crippen LogP contribution in [0, 0.1) is 0 Å². The summed E-state index contributed by atoms with van der Waals surface area (Å²) < 4.78 is 12.7. The highest BCUT2D eigenvalue weighted by atomic mass is 16.5. The van der Waals surface area contributed by atoms with Crippen LogP contribution in [0.2, 0.25) is 0 Å². The molecule has 0 saturated carbocycles. The fourth-order valence-electron chi connectivity index (χ4n) is 4.36. The van der Waals surface area contributed by atoms with Crippen LogP contribution in [-0.2, 0) is 24.3 Å². The molecule has 1 fully saturated rings. The Morgan fingerprint density at radius 1 is 1.19 bits per heavy atom. The molecule has 0 atom stereocenters. The van der Waals surface area contributed by atoms with Gasteiger partial charge in [-0.15, -0.1) is 0 Å². The SMILES string of the molecule is CCn1nc(C(=O)NCCCN2CCN(c3ccc(OC)cc3)CC2)c2c1CCOC2. The number of aryl methyl sites for hydroxylation is 1. The fourth-order valence-corrected chi connectivity index (χ4v) is 4.36. The average Bonchev–Trinajstić information content (AvgIpc) is 3.21. The number of nitrogens with one attached hydrogen (secondary N) is 1. The molecule has 3 heterocycles. The molecule has 1 saturated heterocycles. The predicted octanol–water partition coefficient (Wildman–Crippen LogP) is 1.93. The van der Waals surface area contributed by atoms with Crippen molar-refractivity contribution >= 4 is 11.6 Å². The van der Waals surface area contributed by atoms with Crippen molar-refractivity contribution in [2.45, 2.75) is 32.9 Å². The van der Waals surface area contributed by atoms with Gasteiger partial charge in [0.2, 0.25) is 0 Å². The minimum atomic E-state index is -0.0849. The highest BCUT2D eigenvalue weighted by Gasteiger charge is 2.25. The number of hydrogen-bond donors (Lipinski definition) is 1. The van der Waals surface area contributed by atoms with Crippen LogP contribution < -0.4 is 15.0 Å². The van der Waals surface area contributed by atoms with Gasteiger partial charge in [0.25, 0.3) is 5.91 Å². The van der Waals surface area contributed by atoms with Crippen molar-refractivity contribution in [2.24, 2.45) is 0 Å². The molecule has 2 aromatic rings. The van der Waals surface area contributed by atoms with E-state index in [1.807, 2.05) is 16.8 Å². The lowest BCUT2D eigenvalue weighted by Crippen LogP contribution is -2.47. The number of benzene rings is 1. The zero-order valence-corrected chi connectivity index (χ0v) is 18.6. The Morgan fingerprint density at radius 2 is 1.97 bits per heavy atom. The maximum Gasteiger partial charge on any atom is 0.272 e. The van der Waals surface area contributed by atoms with Crippen LogP contribution in [-0.4, -0.2) is 73.6 Å². The molecule has 1 aromatic carbocycles. The number of carbonyl (C=O) groups is 1. The molecular weight excluding hydrogens is 394 g/mol. The summed E-state index contributed by atoms with van der Waals surface area (Å²) >= 11 is 0. The second-order valence-corrected chi connectivity index (χ2v) is 8.03. The zero-order chi connectivity index (χ0) is 21.6. The van der Waals surface area contributed by atoms with E-state index in [4.69, 9.17) is 9.47 Å². The molecule has 0 aliphatic carbocycles. The lowest BCUT2D eigenvalue weighted by molar-refractivity contribution is 0.0923. The Kier molecular flexibility index (Phi) is 7.09. The van der Waals surface area contributed by atoms with Gasteiger partial charge in [-0.2, -0.15) is 5.10 Å². The summed E-state index contributed by atoms with van der Waals surface area (Å²) in [6, 6.07) is 8.26. The average molecular weight is 428 g/mol. The molecule has 8 nitrogen and oxygen atoms in total. The number of aromatic nitrogens is 2. The number of carbonyl (C=O) groups excluding carboxylic acids is 1. The minimum Gasteiger partial charge on any atom is -0.497 e. The first-order valence-corrected chi connectivity index (χ1v) is 11.3. The maximum absolute atomic E-state index is 12.7. The van der Waals surface area contributed by atoms with E-state index in [0.717, 1.165) is 69.1 Å². The highest BCUT2D eigenvalue weighted by Crippen LogP contribution is 2.22. The zero-order valence-electron chi connectivity index (χ0n) is 18.6. The van der Waals surface area contributed by atoms with Crippen molar-refractivity contribution < 1.29 is 14.3 Å². The van der Waals surface area contributed by atoms with Gasteiger partial charge in [0.05, 0.1) is 20.3 Å². The standard InChI is InChI=1S/C23H33N5O3/c1-3-28-21-9-16-31-17-20(21)22(25-28)23(29)24-10-4-11-26-12-14-27(15-13-26)18-5-7-19(30-2)8-6-18/h5-8H,3-4,9-17H2,1-2H3,(H,24,29). The number of ether oxygens (including phenoxy) is 2. The van der Waals surface area contributed by atoms with E-state index in [2.05, 4.69) is 39.3 Å². The first-order valence-electron chi connectivity index (χ1n) is 11.3. The third kappa shape index (κ3) is 5.02. The molecule has 2 aliphatic rings. The monoisotopic (exact) mass is 427 g/mol. The van der Waals surface area contributed by atoms with E-state index < -0.39 is 0 Å². The summed E-state index contributed by atoms with van der Waals surface area (Å²) in [5.74, 6) is 0.803. The number of anilines is 1. The number of rotatable bonds is 8. The number of nitrogens with zero attached hydrogens (tertiary/aromatic N) is 4. The Balaban J connectivity index is 1.19. The van der Waals surface area contributed by atoms with Gasteiger partial charge in [0.15, 0.2) is 5.69 Å². The molecule has 2 aliphatic heterocycles. The summed E-state index contributed by atoms with van der Waals surface area (Å²) in [7, 11) is 1.69. The van der Waals surface area contributed by atoms with Crippen LogP contribution in [0.1, 0.15) is 35.1 Å². The molecule has 168 valence electrons. The number of methoxy groups -OCH3 is 1. The summed E-state index contributed by atoms with van der Waals surface area (Å²) in [4.78, 5) is 17.5. The number of amides is 1. The van der Waals surface area contributed by atoms with Gasteiger partial charge in [0.1, 0.15) is 5.75 Å². The van der Waals surface area contributed by atoms with Crippen molar-refractivity contribution in [3.8, 4) is 5.75 Å². The van der Waals surface area contributed by atoms with Crippen LogP contribution in [0.25, 0.3) is 0 Å². The molecule has 1 amide bonds. The van der Waals surface area contributed by atoms with Crippen LogP contribution in [0.15, 0.2) is 24.3 Å². The molecular formula is C23H33N5O3. The lowest BCUT2D eigenvalue weighted by Gasteiger charge is -2.36. The Labute approximate surface area is 184 Å². The molecule has 1 N–H and O–H groups in total. The summed E-state index contributed by atoms with van der Waals surface area (Å²) in [5.41, 5.74) is 3.88. The van der Waals surface area contributed by atoms with Crippen molar-refractivity contribution in [2.75, 3.05) is 57.9 Å². The quantitative estimate of drug-likeness (QED) is 0.649. The van der Waals surface area contributed by atoms with Gasteiger partial charge in [-0.1, -0.05) is 0 Å². The van der Waals surface area contributed by atoms with E-state index in [-0.39, 0.29) is 5.91 Å². The van der Waals surface area contributed by atoms with E-state index in [0.29, 0.717) is 25.5 Å². The van der Waals surface area contributed by atoms with Crippen LogP contribution in [0.5, 0.6) is 5.75 Å². The largest absolute Gasteiger partial charge is 0.497 e. The van der Waals surface area contributed by atoms with E-state index in [1.54, 1.807) is 7.11 Å². The summed E-state index contributed by atoms with van der Waals surface area (Å²) in [6.45, 7) is 9.75. The smallest absolute Gasteiger partial charge is 0.272 e. The van der Waals surface area contributed by atoms with Gasteiger partial charge in [-0.05, 0) is 44.2 Å². The van der Waals surface area contributed by atoms with Gasteiger partial charge in [0, 0.05) is 62.6 Å². The minimum absolute atomic E-state index is 0.0849. The number of fused-ring (bicyclic) bond motifs is 1. The first-order chi connectivity index (χ1) is 15.2. The topological polar surface area (TPSA) is 71.9 Å². The maximum atomic E-state index is 12.7. The van der Waals surface area contributed by atoms with Gasteiger partial charge < -0.3 is 19.7 Å². The molecule has 8 heteroatoms. The third-order valence-electron chi connectivity index (χ3n) is 6.16. The molecule has 0 bridgehead atoms. The summed E-state index contributed by atoms with van der Waals surface area (Å²) in [6.07, 6.45) is 1.76. The van der Waals surface area contributed by atoms with Crippen LogP contribution in [0.3, 0.4) is 0 Å². The second-order valence-electron chi connectivity index (χ2n) is 8.03. The summed E-state index contributed by atoms with van der Waals surface area (Å²) in [5, 5.41) is 7.58. The molecule has 0 unspecified atom stereocenters. The van der Waals surface area contributed by atoms with Crippen molar-refractivity contribution in [1.82, 2.24) is 20.0 Å². The Morgan fingerprint density at radius 3 is 2.68 bits per heavy atom. The molecule has 0 radical (unpaired) electrons. The highest BCUT2D eigenvalue weighted by molar-refractivity contribution is 5.94. The third-order valence-corrected chi connectivity index (χ3v) is 6.16. The Bertz CT molecular complexity index is 872. The van der Waals surface area contributed by atoms with Crippen molar-refractivity contribution in [3.63, 3.8) is 0 Å². The number of piperazine rings is 1. The lowest BCUT2D eigenvalue weighted by atomic mass is 10.1. The van der Waals surface area contributed by atoms with E-state index >= 15 is 0 Å². The van der Waals surface area contributed by atoms with Gasteiger partial charge >= 0.3 is 0 Å². The molecule has 4 rings (SSSR count). The first kappa shape index (κ1) is 21.6. The Hall–Kier alpha value is -2.58. The van der Waals surface area contributed by atoms with Crippen LogP contribution in [0.4, 0.5) is 5.69 Å².